The van der Waals surface area contributed by atoms with Crippen molar-refractivity contribution in [3.63, 3.8) is 0 Å². The first-order valence-electron chi connectivity index (χ1n) is 11.7. The molecule has 11 nitrogen and oxygen atoms in total. The summed E-state index contributed by atoms with van der Waals surface area (Å²) in [5.41, 5.74) is 4.08. The van der Waals surface area contributed by atoms with Gasteiger partial charge >= 0.3 is 0 Å². The largest absolute Gasteiger partial charge is 0.493 e. The number of nitrogens with one attached hydrogen (secondary N) is 2. The summed E-state index contributed by atoms with van der Waals surface area (Å²) in [6.07, 6.45) is 1.37. The Bertz CT molecular complexity index is 1400. The molecule has 206 valence electrons. The van der Waals surface area contributed by atoms with Crippen molar-refractivity contribution >= 4 is 33.7 Å². The van der Waals surface area contributed by atoms with Crippen LogP contribution in [0.25, 0.3) is 0 Å². The van der Waals surface area contributed by atoms with Crippen LogP contribution in [0.5, 0.6) is 17.2 Å². The maximum Gasteiger partial charge on any atom is 0.255 e. The molecule has 39 heavy (non-hydrogen) atoms. The van der Waals surface area contributed by atoms with Gasteiger partial charge in [0.15, 0.2) is 11.5 Å². The van der Waals surface area contributed by atoms with Gasteiger partial charge in [-0.1, -0.05) is 30.3 Å². The van der Waals surface area contributed by atoms with Gasteiger partial charge in [-0.25, -0.2) is 13.8 Å². The summed E-state index contributed by atoms with van der Waals surface area (Å²) in [6.45, 7) is 0.826. The molecule has 0 aliphatic carbocycles. The number of methoxy groups -OCH3 is 3. The lowest BCUT2D eigenvalue weighted by Crippen LogP contribution is -2.39. The maximum absolute atomic E-state index is 13.5. The van der Waals surface area contributed by atoms with Gasteiger partial charge in [-0.2, -0.15) is 9.41 Å². The molecule has 3 aromatic rings. The second-order valence-corrected chi connectivity index (χ2v) is 10.2. The average Bonchev–Trinajstić information content (AvgIpc) is 2.92. The highest BCUT2D eigenvalue weighted by atomic mass is 32.2. The Morgan fingerprint density at radius 3 is 2.08 bits per heavy atom. The number of ether oxygens (including phenoxy) is 3. The number of anilines is 1. The van der Waals surface area contributed by atoms with Crippen LogP contribution in [0.15, 0.2) is 76.7 Å². The van der Waals surface area contributed by atoms with Crippen LogP contribution in [0.1, 0.15) is 18.1 Å². The van der Waals surface area contributed by atoms with Gasteiger partial charge in [-0.05, 0) is 42.0 Å². The van der Waals surface area contributed by atoms with E-state index >= 15 is 0 Å². The number of hydrazone groups is 1. The first-order valence-corrected chi connectivity index (χ1v) is 13.2. The lowest BCUT2D eigenvalue weighted by Gasteiger charge is -2.21. The van der Waals surface area contributed by atoms with Crippen LogP contribution in [-0.4, -0.2) is 58.6 Å². The molecular formula is C27H30N4O7S. The van der Waals surface area contributed by atoms with Gasteiger partial charge in [0.1, 0.15) is 0 Å². The minimum Gasteiger partial charge on any atom is -0.493 e. The predicted molar refractivity (Wildman–Crippen MR) is 147 cm³/mol. The van der Waals surface area contributed by atoms with Gasteiger partial charge in [0.05, 0.1) is 39.0 Å². The van der Waals surface area contributed by atoms with Gasteiger partial charge in [0.2, 0.25) is 21.7 Å². The van der Waals surface area contributed by atoms with Crippen molar-refractivity contribution in [2.24, 2.45) is 5.10 Å². The first kappa shape index (κ1) is 29.1. The van der Waals surface area contributed by atoms with Gasteiger partial charge in [-0.3, -0.25) is 9.59 Å². The third kappa shape index (κ3) is 7.79. The molecule has 2 N–H and O–H groups in total. The second kappa shape index (κ2) is 13.4. The van der Waals surface area contributed by atoms with Crippen molar-refractivity contribution < 1.29 is 32.2 Å². The molecule has 0 bridgehead atoms. The SMILES string of the molecule is COc1cc(/C=N\NC(=O)CN(Cc2ccccc2)S(=O)(=O)c2ccc(NC(C)=O)cc2)cc(OC)c1OC. The van der Waals surface area contributed by atoms with Crippen LogP contribution in [0.3, 0.4) is 0 Å². The molecule has 3 aromatic carbocycles. The number of carbonyl (C=O) groups is 2. The molecule has 2 amide bonds. The fraction of sp³-hybridized carbons (Fsp3) is 0.222. The van der Waals surface area contributed by atoms with Gasteiger partial charge in [-0.15, -0.1) is 0 Å². The molecule has 0 atom stereocenters. The Hall–Kier alpha value is -4.42. The summed E-state index contributed by atoms with van der Waals surface area (Å²) in [4.78, 5) is 24.0. The number of rotatable bonds is 12. The topological polar surface area (TPSA) is 136 Å². The smallest absolute Gasteiger partial charge is 0.255 e. The van der Waals surface area contributed by atoms with E-state index in [4.69, 9.17) is 14.2 Å². The zero-order chi connectivity index (χ0) is 28.4. The van der Waals surface area contributed by atoms with Crippen molar-refractivity contribution in [1.29, 1.82) is 0 Å². The van der Waals surface area contributed by atoms with E-state index in [0.29, 0.717) is 34.1 Å². The van der Waals surface area contributed by atoms with Crippen LogP contribution in [0.2, 0.25) is 0 Å². The summed E-state index contributed by atoms with van der Waals surface area (Å²) < 4.78 is 43.9. The highest BCUT2D eigenvalue weighted by Gasteiger charge is 2.27. The molecule has 0 radical (unpaired) electrons. The predicted octanol–water partition coefficient (Wildman–Crippen LogP) is 3.01. The van der Waals surface area contributed by atoms with Crippen molar-refractivity contribution in [3.8, 4) is 17.2 Å². The van der Waals surface area contributed by atoms with E-state index in [1.807, 2.05) is 6.07 Å². The van der Waals surface area contributed by atoms with Crippen molar-refractivity contribution in [3.05, 3.63) is 77.9 Å². The van der Waals surface area contributed by atoms with Gasteiger partial charge in [0, 0.05) is 24.7 Å². The molecule has 0 unspecified atom stereocenters. The van der Waals surface area contributed by atoms with Crippen LogP contribution < -0.4 is 25.0 Å². The summed E-state index contributed by atoms with van der Waals surface area (Å²) in [6, 6.07) is 17.9. The number of carbonyl (C=O) groups excluding carboxylic acids is 2. The van der Waals surface area contributed by atoms with Crippen LogP contribution >= 0.6 is 0 Å². The van der Waals surface area contributed by atoms with E-state index in [0.717, 1.165) is 4.31 Å². The molecule has 0 aromatic heterocycles. The summed E-state index contributed by atoms with van der Waals surface area (Å²) in [7, 11) is 0.368. The average molecular weight is 555 g/mol. The Morgan fingerprint density at radius 2 is 1.54 bits per heavy atom. The van der Waals surface area contributed by atoms with E-state index in [9.17, 15) is 18.0 Å². The lowest BCUT2D eigenvalue weighted by atomic mass is 10.2. The lowest BCUT2D eigenvalue weighted by molar-refractivity contribution is -0.121. The van der Waals surface area contributed by atoms with Crippen LogP contribution in [0.4, 0.5) is 5.69 Å². The first-order chi connectivity index (χ1) is 18.7. The number of nitrogens with zero attached hydrogens (tertiary/aromatic N) is 2. The van der Waals surface area contributed by atoms with Gasteiger partial charge < -0.3 is 19.5 Å². The number of hydrogen-bond acceptors (Lipinski definition) is 8. The summed E-state index contributed by atoms with van der Waals surface area (Å²) in [5.74, 6) is 0.310. The molecule has 0 heterocycles. The van der Waals surface area contributed by atoms with Gasteiger partial charge in [0.25, 0.3) is 5.91 Å². The Morgan fingerprint density at radius 1 is 0.923 bits per heavy atom. The van der Waals surface area contributed by atoms with E-state index in [1.54, 1.807) is 36.4 Å². The molecule has 0 aliphatic heterocycles. The van der Waals surface area contributed by atoms with E-state index in [-0.39, 0.29) is 17.3 Å². The molecule has 12 heteroatoms. The molecular weight excluding hydrogens is 524 g/mol. The zero-order valence-corrected chi connectivity index (χ0v) is 22.8. The van der Waals surface area contributed by atoms with Crippen molar-refractivity contribution in [1.82, 2.24) is 9.73 Å². The Labute approximate surface area is 227 Å². The van der Waals surface area contributed by atoms with Crippen LogP contribution in [0, 0.1) is 0 Å². The minimum absolute atomic E-state index is 0.0266. The van der Waals surface area contributed by atoms with Crippen LogP contribution in [-0.2, 0) is 26.2 Å². The molecule has 0 saturated heterocycles. The normalized spacial score (nSPS) is 11.3. The Balaban J connectivity index is 1.80. The fourth-order valence-electron chi connectivity index (χ4n) is 3.63. The third-order valence-corrected chi connectivity index (χ3v) is 7.23. The van der Waals surface area contributed by atoms with Crippen molar-refractivity contribution in [2.45, 2.75) is 18.4 Å². The van der Waals surface area contributed by atoms with E-state index in [1.165, 1.54) is 58.7 Å². The molecule has 0 saturated carbocycles. The molecule has 3 rings (SSSR count). The van der Waals surface area contributed by atoms with E-state index < -0.39 is 22.5 Å². The number of hydrogen-bond donors (Lipinski definition) is 2. The quantitative estimate of drug-likeness (QED) is 0.260. The third-order valence-electron chi connectivity index (χ3n) is 5.42. The second-order valence-electron chi connectivity index (χ2n) is 8.22. The maximum atomic E-state index is 13.5. The minimum atomic E-state index is -4.08. The highest BCUT2D eigenvalue weighted by molar-refractivity contribution is 7.89. The number of sulfonamides is 1. The molecule has 0 aliphatic rings. The monoisotopic (exact) mass is 554 g/mol. The fourth-order valence-corrected chi connectivity index (χ4v) is 5.01. The standard InChI is InChI=1S/C27H30N4O7S/c1-19(32)29-22-10-12-23(13-11-22)39(34,35)31(17-20-8-6-5-7-9-20)18-26(33)30-28-16-21-14-24(36-2)27(38-4)25(15-21)37-3/h5-16H,17-18H2,1-4H3,(H,29,32)(H,30,33)/b28-16-. The van der Waals surface area contributed by atoms with E-state index in [2.05, 4.69) is 15.8 Å². The molecule has 0 spiro atoms. The zero-order valence-electron chi connectivity index (χ0n) is 22.0. The Kier molecular flexibility index (Phi) is 10.0. The highest BCUT2D eigenvalue weighted by Crippen LogP contribution is 2.37. The van der Waals surface area contributed by atoms with Crippen molar-refractivity contribution in [2.75, 3.05) is 33.2 Å². The summed E-state index contributed by atoms with van der Waals surface area (Å²) >= 11 is 0. The molecule has 0 fully saturated rings. The number of amides is 2. The number of benzene rings is 3. The summed E-state index contributed by atoms with van der Waals surface area (Å²) in [5, 5.41) is 6.56.